The van der Waals surface area contributed by atoms with E-state index in [1.54, 1.807) is 18.2 Å². The first-order valence-electron chi connectivity index (χ1n) is 8.03. The van der Waals surface area contributed by atoms with E-state index in [4.69, 9.17) is 4.74 Å². The first kappa shape index (κ1) is 17.9. The lowest BCUT2D eigenvalue weighted by atomic mass is 10.1. The number of carbonyl (C=O) groups is 1. The Bertz CT molecular complexity index is 644. The van der Waals surface area contributed by atoms with Crippen molar-refractivity contribution in [3.05, 3.63) is 65.7 Å². The van der Waals surface area contributed by atoms with Gasteiger partial charge in [0.1, 0.15) is 17.4 Å². The summed E-state index contributed by atoms with van der Waals surface area (Å²) in [4.78, 5) is 11.7. The van der Waals surface area contributed by atoms with Crippen molar-refractivity contribution in [2.45, 2.75) is 25.7 Å². The van der Waals surface area contributed by atoms with Crippen LogP contribution in [0.3, 0.4) is 0 Å². The van der Waals surface area contributed by atoms with Crippen LogP contribution in [0.4, 0.5) is 8.78 Å². The molecule has 1 N–H and O–H groups in total. The van der Waals surface area contributed by atoms with Crippen LogP contribution in [0.25, 0.3) is 0 Å². The molecule has 0 heterocycles. The van der Waals surface area contributed by atoms with Crippen molar-refractivity contribution in [2.24, 2.45) is 0 Å². The maximum Gasteiger partial charge on any atom is 0.220 e. The smallest absolute Gasteiger partial charge is 0.220 e. The molecule has 0 saturated carbocycles. The van der Waals surface area contributed by atoms with Gasteiger partial charge in [-0.25, -0.2) is 8.78 Å². The largest absolute Gasteiger partial charge is 0.494 e. The molecule has 2 aromatic rings. The van der Waals surface area contributed by atoms with Gasteiger partial charge in [-0.2, -0.15) is 0 Å². The van der Waals surface area contributed by atoms with Crippen LogP contribution in [0, 0.1) is 11.6 Å². The van der Waals surface area contributed by atoms with Crippen LogP contribution < -0.4 is 10.1 Å². The van der Waals surface area contributed by atoms with Crippen molar-refractivity contribution in [2.75, 3.05) is 13.2 Å². The highest BCUT2D eigenvalue weighted by Crippen LogP contribution is 2.11. The predicted octanol–water partition coefficient (Wildman–Crippen LogP) is 3.87. The molecule has 5 heteroatoms. The van der Waals surface area contributed by atoms with Gasteiger partial charge in [0.25, 0.3) is 0 Å². The summed E-state index contributed by atoms with van der Waals surface area (Å²) in [7, 11) is 0. The summed E-state index contributed by atoms with van der Waals surface area (Å²) < 4.78 is 31.2. The number of nitrogens with one attached hydrogen (secondary N) is 1. The van der Waals surface area contributed by atoms with Crippen molar-refractivity contribution >= 4 is 5.91 Å². The fourth-order valence-corrected chi connectivity index (χ4v) is 2.21. The average Bonchev–Trinajstić information content (AvgIpc) is 2.58. The van der Waals surface area contributed by atoms with Gasteiger partial charge in [0.2, 0.25) is 5.91 Å². The molecule has 0 bridgehead atoms. The molecule has 24 heavy (non-hydrogen) atoms. The van der Waals surface area contributed by atoms with Crippen LogP contribution in [0.1, 0.15) is 24.8 Å². The van der Waals surface area contributed by atoms with Crippen LogP contribution in [-0.2, 0) is 11.2 Å². The highest BCUT2D eigenvalue weighted by molar-refractivity contribution is 5.76. The SMILES string of the molecule is O=C(CCc1cccc(F)c1)NCCCCOc1ccc(F)cc1. The second-order valence-electron chi connectivity index (χ2n) is 5.49. The third kappa shape index (κ3) is 6.77. The van der Waals surface area contributed by atoms with E-state index in [1.165, 1.54) is 24.3 Å². The van der Waals surface area contributed by atoms with Crippen molar-refractivity contribution in [3.63, 3.8) is 0 Å². The highest BCUT2D eigenvalue weighted by atomic mass is 19.1. The average molecular weight is 333 g/mol. The number of rotatable bonds is 9. The fourth-order valence-electron chi connectivity index (χ4n) is 2.21. The molecule has 128 valence electrons. The molecule has 0 fully saturated rings. The Morgan fingerprint density at radius 3 is 2.54 bits per heavy atom. The van der Waals surface area contributed by atoms with Crippen molar-refractivity contribution in [1.29, 1.82) is 0 Å². The Kier molecular flexibility index (Phi) is 7.21. The van der Waals surface area contributed by atoms with Crippen LogP contribution in [0.5, 0.6) is 5.75 Å². The molecule has 0 unspecified atom stereocenters. The van der Waals surface area contributed by atoms with E-state index in [1.807, 2.05) is 6.07 Å². The number of unbranched alkanes of at least 4 members (excludes halogenated alkanes) is 1. The van der Waals surface area contributed by atoms with Crippen LogP contribution in [0.15, 0.2) is 48.5 Å². The number of benzene rings is 2. The lowest BCUT2D eigenvalue weighted by molar-refractivity contribution is -0.121. The van der Waals surface area contributed by atoms with Crippen LogP contribution in [-0.4, -0.2) is 19.1 Å². The molecule has 0 atom stereocenters. The Balaban J connectivity index is 1.52. The molecule has 2 aromatic carbocycles. The van der Waals surface area contributed by atoms with Gasteiger partial charge in [-0.3, -0.25) is 4.79 Å². The molecule has 0 aromatic heterocycles. The number of amides is 1. The molecule has 0 radical (unpaired) electrons. The van der Waals surface area contributed by atoms with Gasteiger partial charge in [-0.1, -0.05) is 12.1 Å². The highest BCUT2D eigenvalue weighted by Gasteiger charge is 2.03. The van der Waals surface area contributed by atoms with E-state index in [0.717, 1.165) is 18.4 Å². The summed E-state index contributed by atoms with van der Waals surface area (Å²) in [5.41, 5.74) is 0.817. The summed E-state index contributed by atoms with van der Waals surface area (Å²) in [6.45, 7) is 1.10. The van der Waals surface area contributed by atoms with Gasteiger partial charge in [-0.05, 0) is 61.2 Å². The number of hydrogen-bond acceptors (Lipinski definition) is 2. The standard InChI is InChI=1S/C19H21F2NO2/c20-16-7-9-18(10-8-16)24-13-2-1-12-22-19(23)11-6-15-4-3-5-17(21)14-15/h3-5,7-10,14H,1-2,6,11-13H2,(H,22,23). The Morgan fingerprint density at radius 2 is 1.79 bits per heavy atom. The quantitative estimate of drug-likeness (QED) is 0.708. The second-order valence-corrected chi connectivity index (χ2v) is 5.49. The van der Waals surface area contributed by atoms with E-state index < -0.39 is 0 Å². The van der Waals surface area contributed by atoms with Crippen molar-refractivity contribution in [3.8, 4) is 5.75 Å². The number of hydrogen-bond donors (Lipinski definition) is 1. The fraction of sp³-hybridized carbons (Fsp3) is 0.316. The van der Waals surface area contributed by atoms with E-state index in [9.17, 15) is 13.6 Å². The molecule has 0 saturated heterocycles. The molecule has 1 amide bonds. The van der Waals surface area contributed by atoms with E-state index in [0.29, 0.717) is 31.7 Å². The van der Waals surface area contributed by atoms with Gasteiger partial charge in [-0.15, -0.1) is 0 Å². The third-order valence-electron chi connectivity index (χ3n) is 3.51. The molecule has 0 aliphatic carbocycles. The van der Waals surface area contributed by atoms with Gasteiger partial charge in [0.15, 0.2) is 0 Å². The third-order valence-corrected chi connectivity index (χ3v) is 3.51. The van der Waals surface area contributed by atoms with Gasteiger partial charge in [0.05, 0.1) is 6.61 Å². The summed E-state index contributed by atoms with van der Waals surface area (Å²) in [6, 6.07) is 12.2. The first-order chi connectivity index (χ1) is 11.6. The van der Waals surface area contributed by atoms with Crippen LogP contribution in [0.2, 0.25) is 0 Å². The van der Waals surface area contributed by atoms with Gasteiger partial charge in [0, 0.05) is 13.0 Å². The van der Waals surface area contributed by atoms with E-state index in [2.05, 4.69) is 5.32 Å². The zero-order valence-corrected chi connectivity index (χ0v) is 13.4. The van der Waals surface area contributed by atoms with Crippen LogP contribution >= 0.6 is 0 Å². The summed E-state index contributed by atoms with van der Waals surface area (Å²) >= 11 is 0. The van der Waals surface area contributed by atoms with Gasteiger partial charge < -0.3 is 10.1 Å². The Hall–Kier alpha value is -2.43. The Labute approximate surface area is 140 Å². The maximum absolute atomic E-state index is 13.0. The molecule has 0 aliphatic rings. The molecule has 3 nitrogen and oxygen atoms in total. The number of aryl methyl sites for hydroxylation is 1. The van der Waals surface area contributed by atoms with E-state index in [-0.39, 0.29) is 17.5 Å². The minimum absolute atomic E-state index is 0.0429. The normalized spacial score (nSPS) is 10.4. The number of ether oxygens (including phenoxy) is 1. The zero-order valence-electron chi connectivity index (χ0n) is 13.4. The van der Waals surface area contributed by atoms with Crippen molar-refractivity contribution in [1.82, 2.24) is 5.32 Å². The number of carbonyl (C=O) groups excluding carboxylic acids is 1. The monoisotopic (exact) mass is 333 g/mol. The summed E-state index contributed by atoms with van der Waals surface area (Å²) in [5.74, 6) is 0.0200. The topological polar surface area (TPSA) is 38.3 Å². The second kappa shape index (κ2) is 9.65. The minimum Gasteiger partial charge on any atom is -0.494 e. The number of halogens is 2. The molecule has 0 aliphatic heterocycles. The lowest BCUT2D eigenvalue weighted by Crippen LogP contribution is -2.24. The molecule has 2 rings (SSSR count). The molecular formula is C19H21F2NO2. The van der Waals surface area contributed by atoms with E-state index >= 15 is 0 Å². The van der Waals surface area contributed by atoms with Gasteiger partial charge >= 0.3 is 0 Å². The summed E-state index contributed by atoms with van der Waals surface area (Å²) in [5, 5.41) is 2.84. The predicted molar refractivity (Wildman–Crippen MR) is 88.9 cm³/mol. The van der Waals surface area contributed by atoms with Crippen molar-refractivity contribution < 1.29 is 18.3 Å². The lowest BCUT2D eigenvalue weighted by Gasteiger charge is -2.07. The minimum atomic E-state index is -0.289. The zero-order chi connectivity index (χ0) is 17.2. The molecule has 0 spiro atoms. The Morgan fingerprint density at radius 1 is 1.00 bits per heavy atom. The maximum atomic E-state index is 13.0. The molecular weight excluding hydrogens is 312 g/mol. The first-order valence-corrected chi connectivity index (χ1v) is 8.03. The summed E-state index contributed by atoms with van der Waals surface area (Å²) in [6.07, 6.45) is 2.46.